The summed E-state index contributed by atoms with van der Waals surface area (Å²) in [5.74, 6) is 7.59. The number of carboxylic acid groups (broad SMARTS) is 1. The summed E-state index contributed by atoms with van der Waals surface area (Å²) >= 11 is 0. The number of benzene rings is 1. The largest absolute Gasteiger partial charge is 0.497 e. The van der Waals surface area contributed by atoms with E-state index in [1.54, 1.807) is 7.11 Å². The van der Waals surface area contributed by atoms with E-state index in [0.29, 0.717) is 44.0 Å². The van der Waals surface area contributed by atoms with Gasteiger partial charge in [0.15, 0.2) is 0 Å². The topological polar surface area (TPSA) is 85.0 Å². The van der Waals surface area contributed by atoms with E-state index in [9.17, 15) is 4.79 Å². The lowest BCUT2D eigenvalue weighted by Crippen LogP contribution is -2.41. The first kappa shape index (κ1) is 18.0. The second-order valence-corrected chi connectivity index (χ2v) is 5.68. The van der Waals surface area contributed by atoms with Crippen LogP contribution in [0, 0.1) is 11.8 Å². The minimum absolute atomic E-state index is 0.00533. The van der Waals surface area contributed by atoms with E-state index < -0.39 is 6.09 Å². The van der Waals surface area contributed by atoms with Gasteiger partial charge in [0.1, 0.15) is 17.6 Å². The van der Waals surface area contributed by atoms with Gasteiger partial charge < -0.3 is 25.2 Å². The molecule has 1 aromatic rings. The summed E-state index contributed by atoms with van der Waals surface area (Å²) in [5.41, 5.74) is 6.30. The third-order valence-electron chi connectivity index (χ3n) is 3.87. The zero-order valence-corrected chi connectivity index (χ0v) is 14.0. The van der Waals surface area contributed by atoms with Gasteiger partial charge in [-0.2, -0.15) is 0 Å². The third kappa shape index (κ3) is 5.36. The van der Waals surface area contributed by atoms with E-state index in [2.05, 4.69) is 11.8 Å². The maximum Gasteiger partial charge on any atom is 0.407 e. The fourth-order valence-corrected chi connectivity index (χ4v) is 2.54. The number of nitrogens with two attached hydrogens (primary N) is 1. The first-order valence-electron chi connectivity index (χ1n) is 8.15. The first-order valence-corrected chi connectivity index (χ1v) is 8.15. The SMILES string of the molecule is COc1cc(C#CCCCN)cc(OC2CCN(C(=O)O)CC2)c1. The van der Waals surface area contributed by atoms with Gasteiger partial charge >= 0.3 is 6.09 Å². The number of likely N-dealkylation sites (tertiary alicyclic amines) is 1. The lowest BCUT2D eigenvalue weighted by molar-refractivity contribution is 0.0893. The maximum atomic E-state index is 10.9. The number of methoxy groups -OCH3 is 1. The molecule has 1 fully saturated rings. The van der Waals surface area contributed by atoms with Crippen LogP contribution in [0.5, 0.6) is 11.5 Å². The van der Waals surface area contributed by atoms with Crippen molar-refractivity contribution >= 4 is 6.09 Å². The standard InChI is InChI=1S/C18H24N2O4/c1-23-16-11-14(5-3-2-4-8-19)12-17(13-16)24-15-6-9-20(10-7-15)18(21)22/h11-13,15H,2,4,6-10,19H2,1H3,(H,21,22). The van der Waals surface area contributed by atoms with Crippen molar-refractivity contribution in [3.05, 3.63) is 23.8 Å². The highest BCUT2D eigenvalue weighted by Gasteiger charge is 2.23. The Morgan fingerprint density at radius 1 is 1.33 bits per heavy atom. The van der Waals surface area contributed by atoms with Crippen molar-refractivity contribution < 1.29 is 19.4 Å². The normalized spacial score (nSPS) is 14.7. The number of carbonyl (C=O) groups is 1. The summed E-state index contributed by atoms with van der Waals surface area (Å²) in [4.78, 5) is 12.4. The lowest BCUT2D eigenvalue weighted by atomic mass is 10.1. The molecule has 0 bridgehead atoms. The van der Waals surface area contributed by atoms with Crippen molar-refractivity contribution in [1.29, 1.82) is 0 Å². The number of rotatable bonds is 5. The highest BCUT2D eigenvalue weighted by atomic mass is 16.5. The fourth-order valence-electron chi connectivity index (χ4n) is 2.54. The molecule has 0 radical (unpaired) electrons. The summed E-state index contributed by atoms with van der Waals surface area (Å²) in [6, 6.07) is 5.59. The van der Waals surface area contributed by atoms with Crippen LogP contribution in [-0.4, -0.2) is 48.9 Å². The number of ether oxygens (including phenoxy) is 2. The van der Waals surface area contributed by atoms with Crippen LogP contribution < -0.4 is 15.2 Å². The Morgan fingerprint density at radius 3 is 2.67 bits per heavy atom. The lowest BCUT2D eigenvalue weighted by Gasteiger charge is -2.30. The van der Waals surface area contributed by atoms with E-state index in [0.717, 1.165) is 18.4 Å². The fraction of sp³-hybridized carbons (Fsp3) is 0.500. The van der Waals surface area contributed by atoms with Crippen LogP contribution in [0.25, 0.3) is 0 Å². The van der Waals surface area contributed by atoms with Crippen LogP contribution in [0.15, 0.2) is 18.2 Å². The predicted octanol–water partition coefficient (Wildman–Crippen LogP) is 2.31. The van der Waals surface area contributed by atoms with Crippen molar-refractivity contribution in [3.63, 3.8) is 0 Å². The Bertz CT molecular complexity index is 613. The van der Waals surface area contributed by atoms with Crippen molar-refractivity contribution in [3.8, 4) is 23.3 Å². The van der Waals surface area contributed by atoms with Gasteiger partial charge in [0.25, 0.3) is 0 Å². The van der Waals surface area contributed by atoms with E-state index >= 15 is 0 Å². The number of unbranched alkanes of at least 4 members (excludes halogenated alkanes) is 1. The molecule has 0 atom stereocenters. The molecule has 1 aliphatic heterocycles. The van der Waals surface area contributed by atoms with Gasteiger partial charge in [-0.25, -0.2) is 4.79 Å². The quantitative estimate of drug-likeness (QED) is 0.638. The number of amides is 1. The molecule has 0 unspecified atom stereocenters. The molecule has 1 heterocycles. The van der Waals surface area contributed by atoms with Crippen molar-refractivity contribution in [1.82, 2.24) is 4.90 Å². The van der Waals surface area contributed by atoms with Crippen LogP contribution in [0.1, 0.15) is 31.2 Å². The summed E-state index contributed by atoms with van der Waals surface area (Å²) < 4.78 is 11.3. The molecule has 0 spiro atoms. The zero-order chi connectivity index (χ0) is 17.4. The molecule has 0 saturated carbocycles. The second kappa shape index (κ2) is 9.04. The van der Waals surface area contributed by atoms with Crippen molar-refractivity contribution in [2.75, 3.05) is 26.7 Å². The minimum Gasteiger partial charge on any atom is -0.497 e. The Labute approximate surface area is 142 Å². The van der Waals surface area contributed by atoms with Gasteiger partial charge in [0.2, 0.25) is 0 Å². The molecule has 1 amide bonds. The Balaban J connectivity index is 2.01. The summed E-state index contributed by atoms with van der Waals surface area (Å²) in [6.45, 7) is 1.63. The van der Waals surface area contributed by atoms with Gasteiger partial charge in [-0.1, -0.05) is 11.8 Å². The Hall–Kier alpha value is -2.39. The number of nitrogens with zero attached hydrogens (tertiary/aromatic N) is 1. The average molecular weight is 332 g/mol. The molecule has 3 N–H and O–H groups in total. The van der Waals surface area contributed by atoms with Gasteiger partial charge in [-0.05, 0) is 25.1 Å². The molecule has 6 nitrogen and oxygen atoms in total. The highest BCUT2D eigenvalue weighted by molar-refractivity contribution is 5.65. The van der Waals surface area contributed by atoms with Gasteiger partial charge in [-0.3, -0.25) is 0 Å². The molecule has 130 valence electrons. The Kier molecular flexibility index (Phi) is 6.76. The minimum atomic E-state index is -0.870. The molecule has 1 aliphatic rings. The van der Waals surface area contributed by atoms with Crippen LogP contribution in [0.4, 0.5) is 4.79 Å². The summed E-state index contributed by atoms with van der Waals surface area (Å²) in [7, 11) is 1.61. The van der Waals surface area contributed by atoms with Crippen LogP contribution in [0.2, 0.25) is 0 Å². The first-order chi connectivity index (χ1) is 11.6. The van der Waals surface area contributed by atoms with Gasteiger partial charge in [0.05, 0.1) is 7.11 Å². The van der Waals surface area contributed by atoms with Crippen molar-refractivity contribution in [2.45, 2.75) is 31.8 Å². The van der Waals surface area contributed by atoms with E-state index in [1.165, 1.54) is 4.90 Å². The van der Waals surface area contributed by atoms with Crippen LogP contribution in [-0.2, 0) is 0 Å². The number of hydrogen-bond acceptors (Lipinski definition) is 4. The number of piperidine rings is 1. The molecule has 24 heavy (non-hydrogen) atoms. The smallest absolute Gasteiger partial charge is 0.407 e. The Morgan fingerprint density at radius 2 is 2.04 bits per heavy atom. The number of hydrogen-bond donors (Lipinski definition) is 2. The predicted molar refractivity (Wildman–Crippen MR) is 91.4 cm³/mol. The van der Waals surface area contributed by atoms with E-state index in [1.807, 2.05) is 18.2 Å². The second-order valence-electron chi connectivity index (χ2n) is 5.68. The average Bonchev–Trinajstić information content (AvgIpc) is 2.59. The molecule has 0 aliphatic carbocycles. The highest BCUT2D eigenvalue weighted by Crippen LogP contribution is 2.25. The molecule has 6 heteroatoms. The van der Waals surface area contributed by atoms with Crippen LogP contribution in [0.3, 0.4) is 0 Å². The van der Waals surface area contributed by atoms with Gasteiger partial charge in [0, 0.05) is 44.0 Å². The summed E-state index contributed by atoms with van der Waals surface area (Å²) in [6.07, 6.45) is 2.14. The van der Waals surface area contributed by atoms with Crippen molar-refractivity contribution in [2.24, 2.45) is 5.73 Å². The van der Waals surface area contributed by atoms with E-state index in [4.69, 9.17) is 20.3 Å². The van der Waals surface area contributed by atoms with E-state index in [-0.39, 0.29) is 6.10 Å². The third-order valence-corrected chi connectivity index (χ3v) is 3.87. The molecule has 1 aromatic carbocycles. The van der Waals surface area contributed by atoms with Gasteiger partial charge in [-0.15, -0.1) is 0 Å². The summed E-state index contributed by atoms with van der Waals surface area (Å²) in [5, 5.41) is 8.99. The monoisotopic (exact) mass is 332 g/mol. The molecule has 2 rings (SSSR count). The molecule has 1 saturated heterocycles. The zero-order valence-electron chi connectivity index (χ0n) is 14.0. The molecule has 0 aromatic heterocycles. The molecular weight excluding hydrogens is 308 g/mol. The molecular formula is C18H24N2O4. The maximum absolute atomic E-state index is 10.9. The van der Waals surface area contributed by atoms with Crippen LogP contribution >= 0.6 is 0 Å².